The number of ether oxygens (including phenoxy) is 1. The molecule has 1 heterocycles. The van der Waals surface area contributed by atoms with Crippen molar-refractivity contribution >= 4 is 5.97 Å². The second-order valence-electron chi connectivity index (χ2n) is 9.93. The second kappa shape index (κ2) is 4.86. The highest BCUT2D eigenvalue weighted by atomic mass is 16.5. The summed E-state index contributed by atoms with van der Waals surface area (Å²) >= 11 is 0. The van der Waals surface area contributed by atoms with Gasteiger partial charge in [0.1, 0.15) is 6.61 Å². The highest BCUT2D eigenvalue weighted by molar-refractivity contribution is 5.72. The zero-order valence-corrected chi connectivity index (χ0v) is 15.3. The van der Waals surface area contributed by atoms with Crippen molar-refractivity contribution < 1.29 is 9.53 Å². The Labute approximate surface area is 141 Å². The monoisotopic (exact) mass is 316 g/mol. The number of fused-ring (bicyclic) bond motifs is 5. The molecule has 5 atom stereocenters. The van der Waals surface area contributed by atoms with Gasteiger partial charge in [-0.15, -0.1) is 0 Å². The quantitative estimate of drug-likeness (QED) is 0.457. The summed E-state index contributed by atoms with van der Waals surface area (Å²) < 4.78 is 5.33. The van der Waals surface area contributed by atoms with Gasteiger partial charge in [0.2, 0.25) is 0 Å². The molecule has 0 bridgehead atoms. The second-order valence-corrected chi connectivity index (χ2v) is 9.93. The minimum atomic E-state index is 0.0188. The SMILES string of the molecule is CC1(C)CCC[C@]2(C)[C@H]3CC=C4COC(=O)C[C@H]4[C@]3(C)CC[C@@H]12. The first-order valence-electron chi connectivity index (χ1n) is 9.62. The number of esters is 1. The van der Waals surface area contributed by atoms with Crippen molar-refractivity contribution in [2.24, 2.45) is 34.0 Å². The van der Waals surface area contributed by atoms with Gasteiger partial charge in [0, 0.05) is 0 Å². The van der Waals surface area contributed by atoms with E-state index in [0.717, 1.165) is 11.8 Å². The summed E-state index contributed by atoms with van der Waals surface area (Å²) in [6, 6.07) is 0. The molecule has 3 aliphatic carbocycles. The molecule has 2 saturated carbocycles. The Morgan fingerprint density at radius 2 is 1.83 bits per heavy atom. The molecule has 0 unspecified atom stereocenters. The van der Waals surface area contributed by atoms with E-state index < -0.39 is 0 Å². The standard InChI is InChI=1S/C21H32O2/c1-19(2)9-5-10-21(4)16(19)8-11-20(3)15-12-18(22)23-13-14(15)6-7-17(20)21/h6,15-17H,5,7-13H2,1-4H3/t15-,16+,17+,20+,21+/m1/s1. The number of cyclic esters (lactones) is 1. The van der Waals surface area contributed by atoms with Crippen LogP contribution < -0.4 is 0 Å². The summed E-state index contributed by atoms with van der Waals surface area (Å²) in [4.78, 5) is 12.0. The van der Waals surface area contributed by atoms with E-state index in [-0.39, 0.29) is 5.97 Å². The summed E-state index contributed by atoms with van der Waals surface area (Å²) in [7, 11) is 0. The van der Waals surface area contributed by atoms with Crippen LogP contribution in [0.4, 0.5) is 0 Å². The van der Waals surface area contributed by atoms with Crippen molar-refractivity contribution in [3.8, 4) is 0 Å². The Morgan fingerprint density at radius 3 is 2.61 bits per heavy atom. The fourth-order valence-electron chi connectivity index (χ4n) is 7.39. The van der Waals surface area contributed by atoms with Crippen molar-refractivity contribution in [1.29, 1.82) is 0 Å². The first-order valence-corrected chi connectivity index (χ1v) is 9.62. The van der Waals surface area contributed by atoms with Crippen LogP contribution in [-0.4, -0.2) is 12.6 Å². The van der Waals surface area contributed by atoms with Crippen molar-refractivity contribution in [2.45, 2.75) is 72.6 Å². The topological polar surface area (TPSA) is 26.3 Å². The summed E-state index contributed by atoms with van der Waals surface area (Å²) in [6.07, 6.45) is 11.0. The van der Waals surface area contributed by atoms with Crippen molar-refractivity contribution in [1.82, 2.24) is 0 Å². The average molecular weight is 316 g/mol. The van der Waals surface area contributed by atoms with Gasteiger partial charge >= 0.3 is 5.97 Å². The van der Waals surface area contributed by atoms with Crippen LogP contribution in [0.3, 0.4) is 0 Å². The van der Waals surface area contributed by atoms with E-state index in [1.807, 2.05) is 0 Å². The fourth-order valence-corrected chi connectivity index (χ4v) is 7.39. The van der Waals surface area contributed by atoms with Gasteiger partial charge < -0.3 is 4.74 Å². The Bertz CT molecular complexity index is 560. The summed E-state index contributed by atoms with van der Waals surface area (Å²) in [5.41, 5.74) is 2.63. The highest BCUT2D eigenvalue weighted by Crippen LogP contribution is 2.68. The van der Waals surface area contributed by atoms with Crippen LogP contribution in [0.15, 0.2) is 11.6 Å². The third-order valence-electron chi connectivity index (χ3n) is 8.47. The van der Waals surface area contributed by atoms with Crippen LogP contribution in [0.1, 0.15) is 72.6 Å². The summed E-state index contributed by atoms with van der Waals surface area (Å²) in [5, 5.41) is 0. The third-order valence-corrected chi connectivity index (χ3v) is 8.47. The molecule has 0 radical (unpaired) electrons. The highest BCUT2D eigenvalue weighted by Gasteiger charge is 2.61. The van der Waals surface area contributed by atoms with E-state index in [4.69, 9.17) is 4.74 Å². The summed E-state index contributed by atoms with van der Waals surface area (Å²) in [5.74, 6) is 2.02. The third kappa shape index (κ3) is 2.09. The van der Waals surface area contributed by atoms with Gasteiger partial charge in [-0.1, -0.05) is 40.2 Å². The molecule has 23 heavy (non-hydrogen) atoms. The maximum Gasteiger partial charge on any atom is 0.306 e. The van der Waals surface area contributed by atoms with Crippen molar-refractivity contribution in [2.75, 3.05) is 6.61 Å². The van der Waals surface area contributed by atoms with E-state index in [1.54, 1.807) is 0 Å². The van der Waals surface area contributed by atoms with Gasteiger partial charge in [-0.05, 0) is 71.7 Å². The van der Waals surface area contributed by atoms with Crippen LogP contribution in [0.25, 0.3) is 0 Å². The van der Waals surface area contributed by atoms with Crippen LogP contribution in [0, 0.1) is 34.0 Å². The van der Waals surface area contributed by atoms with E-state index in [9.17, 15) is 4.79 Å². The number of rotatable bonds is 0. The lowest BCUT2D eigenvalue weighted by atomic mass is 9.39. The molecule has 0 spiro atoms. The molecule has 2 heteroatoms. The molecule has 0 aromatic carbocycles. The Kier molecular flexibility index (Phi) is 3.32. The molecule has 4 aliphatic rings. The molecule has 0 amide bonds. The summed E-state index contributed by atoms with van der Waals surface area (Å²) in [6.45, 7) is 10.6. The molecule has 0 aromatic rings. The van der Waals surface area contributed by atoms with E-state index >= 15 is 0 Å². The lowest BCUT2D eigenvalue weighted by molar-refractivity contribution is -0.165. The van der Waals surface area contributed by atoms with E-state index in [2.05, 4.69) is 33.8 Å². The van der Waals surface area contributed by atoms with Crippen molar-refractivity contribution in [3.05, 3.63) is 11.6 Å². The maximum absolute atomic E-state index is 12.0. The zero-order valence-electron chi connectivity index (χ0n) is 15.3. The molecular formula is C21H32O2. The molecule has 3 fully saturated rings. The van der Waals surface area contributed by atoms with Gasteiger partial charge in [0.15, 0.2) is 0 Å². The predicted octanol–water partition coefficient (Wildman–Crippen LogP) is 5.13. The Morgan fingerprint density at radius 1 is 1.04 bits per heavy atom. The first kappa shape index (κ1) is 15.7. The Balaban J connectivity index is 1.74. The molecule has 0 aromatic heterocycles. The van der Waals surface area contributed by atoms with Gasteiger partial charge in [-0.2, -0.15) is 0 Å². The van der Waals surface area contributed by atoms with E-state index in [0.29, 0.717) is 35.2 Å². The maximum atomic E-state index is 12.0. The van der Waals surface area contributed by atoms with Crippen LogP contribution >= 0.6 is 0 Å². The van der Waals surface area contributed by atoms with E-state index in [1.165, 1.54) is 44.1 Å². The van der Waals surface area contributed by atoms with Gasteiger partial charge in [-0.25, -0.2) is 0 Å². The van der Waals surface area contributed by atoms with Crippen molar-refractivity contribution in [3.63, 3.8) is 0 Å². The van der Waals surface area contributed by atoms with Crippen LogP contribution in [-0.2, 0) is 9.53 Å². The number of carbonyl (C=O) groups excluding carboxylic acids is 1. The van der Waals surface area contributed by atoms with Crippen LogP contribution in [0.2, 0.25) is 0 Å². The molecule has 4 rings (SSSR count). The fraction of sp³-hybridized carbons (Fsp3) is 0.857. The number of carbonyl (C=O) groups is 1. The number of hydrogen-bond donors (Lipinski definition) is 0. The first-order chi connectivity index (χ1) is 10.8. The average Bonchev–Trinajstić information content (AvgIpc) is 2.46. The molecule has 1 saturated heterocycles. The van der Waals surface area contributed by atoms with Gasteiger partial charge in [0.25, 0.3) is 0 Å². The molecule has 2 nitrogen and oxygen atoms in total. The lowest BCUT2D eigenvalue weighted by Crippen LogP contribution is -2.58. The molecule has 0 N–H and O–H groups in total. The smallest absolute Gasteiger partial charge is 0.306 e. The Hall–Kier alpha value is -0.790. The van der Waals surface area contributed by atoms with Gasteiger partial charge in [-0.3, -0.25) is 4.79 Å². The molecular weight excluding hydrogens is 284 g/mol. The van der Waals surface area contributed by atoms with Gasteiger partial charge in [0.05, 0.1) is 6.42 Å². The number of hydrogen-bond acceptors (Lipinski definition) is 2. The number of allylic oxidation sites excluding steroid dienone is 1. The minimum Gasteiger partial charge on any atom is -0.461 e. The predicted molar refractivity (Wildman–Crippen MR) is 91.8 cm³/mol. The largest absolute Gasteiger partial charge is 0.461 e. The normalized spacial score (nSPS) is 48.4. The molecule has 1 aliphatic heterocycles. The molecule has 128 valence electrons. The lowest BCUT2D eigenvalue weighted by Gasteiger charge is -2.65. The minimum absolute atomic E-state index is 0.0188. The zero-order chi connectivity index (χ0) is 16.5. The van der Waals surface area contributed by atoms with Crippen LogP contribution in [0.5, 0.6) is 0 Å².